The average molecular weight is 214 g/mol. The van der Waals surface area contributed by atoms with E-state index in [0.717, 1.165) is 38.7 Å². The molecule has 0 aromatic rings. The molecule has 1 aliphatic carbocycles. The zero-order chi connectivity index (χ0) is 10.9. The number of nitrogens with zero attached hydrogens (tertiary/aromatic N) is 1. The van der Waals surface area contributed by atoms with Crippen molar-refractivity contribution in [2.75, 3.05) is 33.4 Å². The highest BCUT2D eigenvalue weighted by molar-refractivity contribution is 4.75. The van der Waals surface area contributed by atoms with Gasteiger partial charge in [-0.25, -0.2) is 0 Å². The van der Waals surface area contributed by atoms with Crippen molar-refractivity contribution in [3.63, 3.8) is 0 Å². The Hall–Kier alpha value is -0.120. The molecule has 1 fully saturated rings. The molecule has 90 valence electrons. The molecule has 2 N–H and O–H groups in total. The topological polar surface area (TPSA) is 38.5 Å². The summed E-state index contributed by atoms with van der Waals surface area (Å²) in [5.74, 6) is 0. The third-order valence-corrected chi connectivity index (χ3v) is 3.32. The highest BCUT2D eigenvalue weighted by atomic mass is 16.5. The van der Waals surface area contributed by atoms with Gasteiger partial charge in [0.15, 0.2) is 0 Å². The zero-order valence-electron chi connectivity index (χ0n) is 10.1. The summed E-state index contributed by atoms with van der Waals surface area (Å²) in [5, 5.41) is 0. The Labute approximate surface area is 94.0 Å². The monoisotopic (exact) mass is 214 g/mol. The molecule has 3 heteroatoms. The van der Waals surface area contributed by atoms with Crippen LogP contribution in [0.5, 0.6) is 0 Å². The first-order valence-corrected chi connectivity index (χ1v) is 6.31. The molecule has 0 saturated heterocycles. The molecule has 0 atom stereocenters. The van der Waals surface area contributed by atoms with Gasteiger partial charge in [0.1, 0.15) is 0 Å². The van der Waals surface area contributed by atoms with Crippen molar-refractivity contribution in [3.8, 4) is 0 Å². The lowest BCUT2D eigenvalue weighted by Gasteiger charge is -2.34. The van der Waals surface area contributed by atoms with Crippen LogP contribution in [-0.4, -0.2) is 44.3 Å². The molecule has 1 saturated carbocycles. The average Bonchev–Trinajstić information content (AvgIpc) is 2.30. The maximum absolute atomic E-state index is 5.58. The van der Waals surface area contributed by atoms with Crippen molar-refractivity contribution in [1.29, 1.82) is 0 Å². The first-order chi connectivity index (χ1) is 7.38. The summed E-state index contributed by atoms with van der Waals surface area (Å²) in [7, 11) is 1.78. The summed E-state index contributed by atoms with van der Waals surface area (Å²) in [4.78, 5) is 2.58. The normalized spacial score (nSPS) is 18.6. The van der Waals surface area contributed by atoms with E-state index in [1.165, 1.54) is 32.1 Å². The van der Waals surface area contributed by atoms with Crippen molar-refractivity contribution in [2.45, 2.75) is 44.6 Å². The number of methoxy groups -OCH3 is 1. The Morgan fingerprint density at radius 3 is 2.53 bits per heavy atom. The van der Waals surface area contributed by atoms with E-state index < -0.39 is 0 Å². The number of hydrogen-bond donors (Lipinski definition) is 1. The zero-order valence-corrected chi connectivity index (χ0v) is 10.1. The van der Waals surface area contributed by atoms with E-state index in [9.17, 15) is 0 Å². The predicted molar refractivity (Wildman–Crippen MR) is 64.0 cm³/mol. The van der Waals surface area contributed by atoms with Crippen LogP contribution >= 0.6 is 0 Å². The van der Waals surface area contributed by atoms with E-state index in [1.54, 1.807) is 7.11 Å². The van der Waals surface area contributed by atoms with Crippen molar-refractivity contribution >= 4 is 0 Å². The Morgan fingerprint density at radius 2 is 1.93 bits per heavy atom. The van der Waals surface area contributed by atoms with Gasteiger partial charge < -0.3 is 10.5 Å². The van der Waals surface area contributed by atoms with Crippen molar-refractivity contribution in [1.82, 2.24) is 4.90 Å². The maximum Gasteiger partial charge on any atom is 0.0589 e. The third kappa shape index (κ3) is 4.96. The molecule has 0 unspecified atom stereocenters. The van der Waals surface area contributed by atoms with Crippen LogP contribution in [0.25, 0.3) is 0 Å². The van der Waals surface area contributed by atoms with Gasteiger partial charge in [-0.3, -0.25) is 4.90 Å². The molecular weight excluding hydrogens is 188 g/mol. The molecule has 3 nitrogen and oxygen atoms in total. The SMILES string of the molecule is COCCN(CCCN)C1CCCCC1. The third-order valence-electron chi connectivity index (χ3n) is 3.32. The Kier molecular flexibility index (Phi) is 6.98. The van der Waals surface area contributed by atoms with Gasteiger partial charge in [0.2, 0.25) is 0 Å². The lowest BCUT2D eigenvalue weighted by atomic mass is 9.94. The Balaban J connectivity index is 2.30. The van der Waals surface area contributed by atoms with E-state index >= 15 is 0 Å². The first-order valence-electron chi connectivity index (χ1n) is 6.31. The van der Waals surface area contributed by atoms with Crippen LogP contribution in [0.15, 0.2) is 0 Å². The van der Waals surface area contributed by atoms with Gasteiger partial charge >= 0.3 is 0 Å². The van der Waals surface area contributed by atoms with Crippen LogP contribution in [-0.2, 0) is 4.74 Å². The molecular formula is C12H26N2O. The van der Waals surface area contributed by atoms with E-state index in [0.29, 0.717) is 0 Å². The second-order valence-electron chi connectivity index (χ2n) is 4.46. The number of nitrogens with two attached hydrogens (primary N) is 1. The quantitative estimate of drug-likeness (QED) is 0.700. The minimum atomic E-state index is 0.792. The fourth-order valence-electron chi connectivity index (χ4n) is 2.43. The lowest BCUT2D eigenvalue weighted by molar-refractivity contribution is 0.102. The van der Waals surface area contributed by atoms with E-state index in [-0.39, 0.29) is 0 Å². The molecule has 15 heavy (non-hydrogen) atoms. The van der Waals surface area contributed by atoms with Crippen LogP contribution in [0, 0.1) is 0 Å². The smallest absolute Gasteiger partial charge is 0.0589 e. The molecule has 0 bridgehead atoms. The standard InChI is InChI=1S/C12H26N2O/c1-15-11-10-14(9-5-8-13)12-6-3-2-4-7-12/h12H,2-11,13H2,1H3. The predicted octanol–water partition coefficient (Wildman–Crippen LogP) is 1.62. The Morgan fingerprint density at radius 1 is 1.20 bits per heavy atom. The van der Waals surface area contributed by atoms with Crippen molar-refractivity contribution in [3.05, 3.63) is 0 Å². The maximum atomic E-state index is 5.58. The fourth-order valence-corrected chi connectivity index (χ4v) is 2.43. The van der Waals surface area contributed by atoms with Crippen LogP contribution in [0.2, 0.25) is 0 Å². The van der Waals surface area contributed by atoms with Crippen molar-refractivity contribution in [2.24, 2.45) is 5.73 Å². The number of ether oxygens (including phenoxy) is 1. The van der Waals surface area contributed by atoms with Crippen LogP contribution in [0.4, 0.5) is 0 Å². The molecule has 0 spiro atoms. The van der Waals surface area contributed by atoms with E-state index in [2.05, 4.69) is 4.90 Å². The van der Waals surface area contributed by atoms with Gasteiger partial charge in [0.25, 0.3) is 0 Å². The molecule has 0 aromatic heterocycles. The molecule has 0 aliphatic heterocycles. The minimum absolute atomic E-state index is 0.792. The second-order valence-corrected chi connectivity index (χ2v) is 4.46. The van der Waals surface area contributed by atoms with Gasteiger partial charge in [-0.2, -0.15) is 0 Å². The van der Waals surface area contributed by atoms with E-state index in [1.807, 2.05) is 0 Å². The van der Waals surface area contributed by atoms with Gasteiger partial charge in [-0.15, -0.1) is 0 Å². The molecule has 0 radical (unpaired) electrons. The molecule has 0 aromatic carbocycles. The van der Waals surface area contributed by atoms with Gasteiger partial charge in [0.05, 0.1) is 6.61 Å². The number of rotatable bonds is 7. The second kappa shape index (κ2) is 8.08. The highest BCUT2D eigenvalue weighted by Gasteiger charge is 2.19. The first kappa shape index (κ1) is 12.9. The van der Waals surface area contributed by atoms with Gasteiger partial charge in [0, 0.05) is 19.7 Å². The summed E-state index contributed by atoms with van der Waals surface area (Å²) < 4.78 is 5.17. The Bertz CT molecular complexity index is 139. The molecule has 0 amide bonds. The summed E-state index contributed by atoms with van der Waals surface area (Å²) in [6.07, 6.45) is 8.07. The van der Waals surface area contributed by atoms with Crippen LogP contribution in [0.1, 0.15) is 38.5 Å². The van der Waals surface area contributed by atoms with Gasteiger partial charge in [-0.05, 0) is 32.4 Å². The summed E-state index contributed by atoms with van der Waals surface area (Å²) in [6.45, 7) is 3.86. The molecule has 1 aliphatic rings. The fraction of sp³-hybridized carbons (Fsp3) is 1.00. The summed E-state index contributed by atoms with van der Waals surface area (Å²) in [6, 6.07) is 0.792. The highest BCUT2D eigenvalue weighted by Crippen LogP contribution is 2.22. The van der Waals surface area contributed by atoms with E-state index in [4.69, 9.17) is 10.5 Å². The largest absolute Gasteiger partial charge is 0.383 e. The van der Waals surface area contributed by atoms with Crippen molar-refractivity contribution < 1.29 is 4.74 Å². The molecule has 1 rings (SSSR count). The summed E-state index contributed by atoms with van der Waals surface area (Å²) in [5.41, 5.74) is 5.58. The van der Waals surface area contributed by atoms with Crippen LogP contribution < -0.4 is 5.73 Å². The van der Waals surface area contributed by atoms with Crippen LogP contribution in [0.3, 0.4) is 0 Å². The molecule has 0 heterocycles. The van der Waals surface area contributed by atoms with Gasteiger partial charge in [-0.1, -0.05) is 19.3 Å². The minimum Gasteiger partial charge on any atom is -0.383 e. The number of hydrogen-bond acceptors (Lipinski definition) is 3. The lowest BCUT2D eigenvalue weighted by Crippen LogP contribution is -2.40. The summed E-state index contributed by atoms with van der Waals surface area (Å²) >= 11 is 0.